The van der Waals surface area contributed by atoms with Gasteiger partial charge in [-0.1, -0.05) is 83.4 Å². The van der Waals surface area contributed by atoms with Gasteiger partial charge in [0.05, 0.1) is 6.54 Å². The Hall–Kier alpha value is -1.57. The summed E-state index contributed by atoms with van der Waals surface area (Å²) in [4.78, 5) is 0. The summed E-state index contributed by atoms with van der Waals surface area (Å²) in [5.74, 6) is 1.45. The SMILES string of the molecule is CCCCCCCCCCCc1n(-c2ccccc2)cc[n+]1CCC. The zero-order chi connectivity index (χ0) is 17.7. The highest BCUT2D eigenvalue weighted by Gasteiger charge is 2.17. The number of rotatable bonds is 13. The van der Waals surface area contributed by atoms with Crippen molar-refractivity contribution >= 4 is 0 Å². The van der Waals surface area contributed by atoms with Gasteiger partial charge in [-0.3, -0.25) is 0 Å². The largest absolute Gasteiger partial charge is 0.261 e. The van der Waals surface area contributed by atoms with Crippen LogP contribution in [0.2, 0.25) is 0 Å². The maximum Gasteiger partial charge on any atom is 0.261 e. The van der Waals surface area contributed by atoms with Crippen LogP contribution in [-0.2, 0) is 13.0 Å². The molecule has 0 saturated heterocycles. The second kappa shape index (κ2) is 11.9. The van der Waals surface area contributed by atoms with Crippen LogP contribution in [0.3, 0.4) is 0 Å². The molecule has 25 heavy (non-hydrogen) atoms. The molecular weight excluding hydrogens is 304 g/mol. The minimum Gasteiger partial charge on any atom is -0.234 e. The van der Waals surface area contributed by atoms with E-state index in [0.717, 1.165) is 6.54 Å². The first kappa shape index (κ1) is 19.8. The van der Waals surface area contributed by atoms with E-state index in [2.05, 4.69) is 65.7 Å². The Morgan fingerprint density at radius 2 is 1.40 bits per heavy atom. The van der Waals surface area contributed by atoms with Gasteiger partial charge in [-0.2, -0.15) is 4.57 Å². The predicted molar refractivity (Wildman–Crippen MR) is 107 cm³/mol. The van der Waals surface area contributed by atoms with Gasteiger partial charge >= 0.3 is 0 Å². The number of aryl methyl sites for hydroxylation is 1. The zero-order valence-corrected chi connectivity index (χ0v) is 16.4. The van der Waals surface area contributed by atoms with Crippen molar-refractivity contribution in [2.24, 2.45) is 0 Å². The maximum absolute atomic E-state index is 2.44. The van der Waals surface area contributed by atoms with Crippen molar-refractivity contribution in [2.45, 2.75) is 91.0 Å². The van der Waals surface area contributed by atoms with E-state index in [9.17, 15) is 0 Å². The molecule has 0 spiro atoms. The van der Waals surface area contributed by atoms with Gasteiger partial charge in [0, 0.05) is 6.42 Å². The molecule has 2 aromatic rings. The van der Waals surface area contributed by atoms with Crippen molar-refractivity contribution in [3.63, 3.8) is 0 Å². The van der Waals surface area contributed by atoms with Gasteiger partial charge in [0.15, 0.2) is 0 Å². The molecule has 1 aromatic heterocycles. The van der Waals surface area contributed by atoms with Crippen molar-refractivity contribution in [3.05, 3.63) is 48.5 Å². The normalized spacial score (nSPS) is 11.1. The zero-order valence-electron chi connectivity index (χ0n) is 16.4. The number of nitrogens with zero attached hydrogens (tertiary/aromatic N) is 2. The number of imidazole rings is 1. The smallest absolute Gasteiger partial charge is 0.234 e. The Kier molecular flexibility index (Phi) is 9.40. The van der Waals surface area contributed by atoms with Gasteiger partial charge in [-0.25, -0.2) is 4.57 Å². The second-order valence-electron chi connectivity index (χ2n) is 7.19. The molecule has 1 heterocycles. The fourth-order valence-corrected chi connectivity index (χ4v) is 3.58. The summed E-state index contributed by atoms with van der Waals surface area (Å²) in [5.41, 5.74) is 1.28. The molecule has 0 radical (unpaired) electrons. The highest BCUT2D eigenvalue weighted by Crippen LogP contribution is 2.14. The average molecular weight is 342 g/mol. The Bertz CT molecular complexity index is 571. The molecule has 138 valence electrons. The second-order valence-corrected chi connectivity index (χ2v) is 7.19. The number of aromatic nitrogens is 2. The van der Waals surface area contributed by atoms with E-state index >= 15 is 0 Å². The highest BCUT2D eigenvalue weighted by atomic mass is 15.1. The van der Waals surface area contributed by atoms with E-state index in [4.69, 9.17) is 0 Å². The molecule has 0 fully saturated rings. The molecule has 0 atom stereocenters. The van der Waals surface area contributed by atoms with Gasteiger partial charge in [0.25, 0.3) is 5.82 Å². The summed E-state index contributed by atoms with van der Waals surface area (Å²) in [7, 11) is 0. The van der Waals surface area contributed by atoms with Gasteiger partial charge < -0.3 is 0 Å². The third-order valence-electron chi connectivity index (χ3n) is 5.01. The first-order chi connectivity index (χ1) is 12.4. The minimum atomic E-state index is 1.12. The topological polar surface area (TPSA) is 8.81 Å². The summed E-state index contributed by atoms with van der Waals surface area (Å²) >= 11 is 0. The molecule has 0 saturated carbocycles. The van der Waals surface area contributed by atoms with Crippen LogP contribution in [-0.4, -0.2) is 4.57 Å². The fraction of sp³-hybridized carbons (Fsp3) is 0.609. The van der Waals surface area contributed by atoms with Crippen LogP contribution < -0.4 is 4.57 Å². The van der Waals surface area contributed by atoms with Crippen LogP contribution >= 0.6 is 0 Å². The van der Waals surface area contributed by atoms with Crippen LogP contribution in [0.25, 0.3) is 5.69 Å². The third-order valence-corrected chi connectivity index (χ3v) is 5.01. The monoisotopic (exact) mass is 341 g/mol. The predicted octanol–water partition coefficient (Wildman–Crippen LogP) is 6.25. The summed E-state index contributed by atoms with van der Waals surface area (Å²) in [6, 6.07) is 10.8. The lowest BCUT2D eigenvalue weighted by molar-refractivity contribution is -0.703. The lowest BCUT2D eigenvalue weighted by Crippen LogP contribution is -2.36. The van der Waals surface area contributed by atoms with Crippen molar-refractivity contribution in [2.75, 3.05) is 0 Å². The van der Waals surface area contributed by atoms with E-state index in [1.54, 1.807) is 0 Å². The van der Waals surface area contributed by atoms with Gasteiger partial charge in [0.2, 0.25) is 0 Å². The van der Waals surface area contributed by atoms with E-state index in [1.807, 2.05) is 0 Å². The number of hydrogen-bond acceptors (Lipinski definition) is 0. The van der Waals surface area contributed by atoms with Crippen LogP contribution in [0.1, 0.15) is 83.9 Å². The van der Waals surface area contributed by atoms with Crippen LogP contribution in [0, 0.1) is 0 Å². The molecule has 0 bridgehead atoms. The Morgan fingerprint density at radius 1 is 0.760 bits per heavy atom. The quantitative estimate of drug-likeness (QED) is 0.301. The molecule has 0 aliphatic carbocycles. The molecule has 0 amide bonds. The minimum absolute atomic E-state index is 1.12. The Balaban J connectivity index is 1.81. The standard InChI is InChI=1S/C23H37N2/c1-3-5-6-7-8-9-10-11-15-18-23-24(19-4-2)20-21-25(23)22-16-13-12-14-17-22/h12-14,16-17,20-21H,3-11,15,18-19H2,1-2H3/q+1. The molecule has 2 rings (SSSR count). The molecule has 0 unspecified atom stereocenters. The third kappa shape index (κ3) is 6.68. The number of hydrogen-bond donors (Lipinski definition) is 0. The fourth-order valence-electron chi connectivity index (χ4n) is 3.58. The molecule has 0 aliphatic rings. The summed E-state index contributed by atoms with van der Waals surface area (Å²) in [6.07, 6.45) is 19.4. The molecule has 2 heteroatoms. The Morgan fingerprint density at radius 3 is 2.04 bits per heavy atom. The van der Waals surface area contributed by atoms with Crippen LogP contribution in [0.15, 0.2) is 42.7 Å². The molecular formula is C23H37N2+. The van der Waals surface area contributed by atoms with Crippen molar-refractivity contribution in [3.8, 4) is 5.69 Å². The van der Waals surface area contributed by atoms with Gasteiger partial charge in [-0.05, 0) is 25.0 Å². The van der Waals surface area contributed by atoms with Crippen molar-refractivity contribution in [1.29, 1.82) is 0 Å². The van der Waals surface area contributed by atoms with E-state index in [1.165, 1.54) is 82.1 Å². The lowest BCUT2D eigenvalue weighted by Gasteiger charge is -2.05. The van der Waals surface area contributed by atoms with E-state index in [-0.39, 0.29) is 0 Å². The molecule has 0 N–H and O–H groups in total. The number of benzene rings is 1. The number of unbranched alkanes of at least 4 members (excludes halogenated alkanes) is 8. The average Bonchev–Trinajstić information content (AvgIpc) is 3.04. The lowest BCUT2D eigenvalue weighted by atomic mass is 10.1. The van der Waals surface area contributed by atoms with E-state index in [0.29, 0.717) is 0 Å². The highest BCUT2D eigenvalue weighted by molar-refractivity contribution is 5.31. The van der Waals surface area contributed by atoms with Gasteiger partial charge in [-0.15, -0.1) is 0 Å². The van der Waals surface area contributed by atoms with Crippen LogP contribution in [0.5, 0.6) is 0 Å². The maximum atomic E-state index is 2.44. The Labute approximate surface area is 154 Å². The summed E-state index contributed by atoms with van der Waals surface area (Å²) < 4.78 is 4.82. The summed E-state index contributed by atoms with van der Waals surface area (Å²) in [6.45, 7) is 5.66. The van der Waals surface area contributed by atoms with Gasteiger partial charge in [0.1, 0.15) is 18.1 Å². The summed E-state index contributed by atoms with van der Waals surface area (Å²) in [5, 5.41) is 0. The molecule has 2 nitrogen and oxygen atoms in total. The number of para-hydroxylation sites is 1. The molecule has 1 aromatic carbocycles. The first-order valence-electron chi connectivity index (χ1n) is 10.5. The van der Waals surface area contributed by atoms with Crippen molar-refractivity contribution < 1.29 is 4.57 Å². The van der Waals surface area contributed by atoms with Crippen LogP contribution in [0.4, 0.5) is 0 Å². The van der Waals surface area contributed by atoms with Crippen molar-refractivity contribution in [1.82, 2.24) is 4.57 Å². The molecule has 0 aliphatic heterocycles. The first-order valence-corrected chi connectivity index (χ1v) is 10.5. The van der Waals surface area contributed by atoms with E-state index < -0.39 is 0 Å².